The molecule has 4 nitrogen and oxygen atoms in total. The minimum Gasteiger partial charge on any atom is -0.382 e. The monoisotopic (exact) mass is 444 g/mol. The van der Waals surface area contributed by atoms with Crippen LogP contribution in [0.5, 0.6) is 0 Å². The largest absolute Gasteiger partial charge is 0.382 e. The number of halogens is 1. The fourth-order valence-corrected chi connectivity index (χ4v) is 5.44. The van der Waals surface area contributed by atoms with Gasteiger partial charge in [0.1, 0.15) is 0 Å². The fraction of sp³-hybridized carbons (Fsp3) is 0.238. The van der Waals surface area contributed by atoms with Gasteiger partial charge in [0.15, 0.2) is 0 Å². The average molecular weight is 445 g/mol. The van der Waals surface area contributed by atoms with Crippen LogP contribution in [0.25, 0.3) is 10.8 Å². The quantitative estimate of drug-likeness (QED) is 0.624. The number of sulfonamides is 1. The van der Waals surface area contributed by atoms with E-state index in [4.69, 9.17) is 0 Å². The number of nitrogens with one attached hydrogen (secondary N) is 1. The van der Waals surface area contributed by atoms with Gasteiger partial charge in [0.2, 0.25) is 10.0 Å². The molecule has 0 amide bonds. The van der Waals surface area contributed by atoms with Crippen LogP contribution in [-0.4, -0.2) is 31.9 Å². The van der Waals surface area contributed by atoms with Crippen LogP contribution in [0.2, 0.25) is 0 Å². The maximum atomic E-state index is 13.0. The first-order chi connectivity index (χ1) is 13.0. The molecule has 27 heavy (non-hydrogen) atoms. The smallest absolute Gasteiger partial charge is 0.243 e. The Morgan fingerprint density at radius 1 is 0.889 bits per heavy atom. The Hall–Kier alpha value is -1.89. The van der Waals surface area contributed by atoms with Gasteiger partial charge in [-0.05, 0) is 53.9 Å². The molecule has 1 aliphatic rings. The SMILES string of the molecule is O=S(=O)(c1ccc2ccccc2c1)N1CCC(Nc2cccc(Br)c2)CC1. The Labute approximate surface area is 168 Å². The molecule has 1 aliphatic heterocycles. The Balaban J connectivity index is 1.46. The van der Waals surface area contributed by atoms with Crippen LogP contribution in [0.1, 0.15) is 12.8 Å². The highest BCUT2D eigenvalue weighted by Gasteiger charge is 2.29. The van der Waals surface area contributed by atoms with E-state index in [1.165, 1.54) is 0 Å². The maximum absolute atomic E-state index is 13.0. The first-order valence-corrected chi connectivity index (χ1v) is 11.3. The molecule has 1 N–H and O–H groups in total. The molecule has 6 heteroatoms. The number of nitrogens with zero attached hydrogens (tertiary/aromatic N) is 1. The van der Waals surface area contributed by atoms with Crippen LogP contribution in [-0.2, 0) is 10.0 Å². The molecule has 0 aromatic heterocycles. The molecule has 0 atom stereocenters. The number of piperidine rings is 1. The molecule has 0 bridgehead atoms. The average Bonchev–Trinajstić information content (AvgIpc) is 2.68. The first kappa shape index (κ1) is 18.5. The molecule has 1 fully saturated rings. The third-order valence-corrected chi connectivity index (χ3v) is 7.40. The summed E-state index contributed by atoms with van der Waals surface area (Å²) in [4.78, 5) is 0.375. The molecule has 0 aliphatic carbocycles. The van der Waals surface area contributed by atoms with Crippen molar-refractivity contribution in [2.24, 2.45) is 0 Å². The third kappa shape index (κ3) is 4.03. The van der Waals surface area contributed by atoms with Gasteiger partial charge in [-0.25, -0.2) is 8.42 Å². The molecular formula is C21H21BrN2O2S. The highest BCUT2D eigenvalue weighted by atomic mass is 79.9. The summed E-state index contributed by atoms with van der Waals surface area (Å²) in [6.07, 6.45) is 1.58. The van der Waals surface area contributed by atoms with Gasteiger partial charge in [0.25, 0.3) is 0 Å². The molecule has 3 aromatic rings. The second kappa shape index (κ2) is 7.62. The second-order valence-corrected chi connectivity index (χ2v) is 9.70. The number of hydrogen-bond donors (Lipinski definition) is 1. The molecule has 4 rings (SSSR count). The summed E-state index contributed by atoms with van der Waals surface area (Å²) in [5, 5.41) is 5.50. The molecule has 0 saturated carbocycles. The molecule has 140 valence electrons. The highest BCUT2D eigenvalue weighted by molar-refractivity contribution is 9.10. The third-order valence-electron chi connectivity index (χ3n) is 5.01. The first-order valence-electron chi connectivity index (χ1n) is 9.03. The van der Waals surface area contributed by atoms with Crippen LogP contribution in [0.4, 0.5) is 5.69 Å². The van der Waals surface area contributed by atoms with Crippen molar-refractivity contribution >= 4 is 42.4 Å². The maximum Gasteiger partial charge on any atom is 0.243 e. The summed E-state index contributed by atoms with van der Waals surface area (Å²) in [6, 6.07) is 21.5. The lowest BCUT2D eigenvalue weighted by Crippen LogP contribution is -2.42. The Morgan fingerprint density at radius 2 is 1.63 bits per heavy atom. The van der Waals surface area contributed by atoms with Crippen LogP contribution >= 0.6 is 15.9 Å². The van der Waals surface area contributed by atoms with Crippen molar-refractivity contribution in [1.29, 1.82) is 0 Å². The fourth-order valence-electron chi connectivity index (χ4n) is 3.53. The van der Waals surface area contributed by atoms with Crippen molar-refractivity contribution in [3.8, 4) is 0 Å². The van der Waals surface area contributed by atoms with Gasteiger partial charge in [-0.1, -0.05) is 52.3 Å². The van der Waals surface area contributed by atoms with E-state index in [0.29, 0.717) is 18.0 Å². The molecule has 0 unspecified atom stereocenters. The zero-order chi connectivity index (χ0) is 18.9. The molecular weight excluding hydrogens is 424 g/mol. The van der Waals surface area contributed by atoms with Gasteiger partial charge in [-0.15, -0.1) is 0 Å². The number of benzene rings is 3. The topological polar surface area (TPSA) is 49.4 Å². The molecule has 1 heterocycles. The van der Waals surface area contributed by atoms with E-state index >= 15 is 0 Å². The summed E-state index contributed by atoms with van der Waals surface area (Å²) in [5.41, 5.74) is 1.06. The summed E-state index contributed by atoms with van der Waals surface area (Å²) < 4.78 is 28.7. The second-order valence-electron chi connectivity index (χ2n) is 6.84. The van der Waals surface area contributed by atoms with Gasteiger partial charge < -0.3 is 5.32 Å². The van der Waals surface area contributed by atoms with E-state index in [9.17, 15) is 8.42 Å². The van der Waals surface area contributed by atoms with Crippen molar-refractivity contribution in [2.45, 2.75) is 23.8 Å². The van der Waals surface area contributed by atoms with Gasteiger partial charge in [-0.3, -0.25) is 0 Å². The Kier molecular flexibility index (Phi) is 5.21. The summed E-state index contributed by atoms with van der Waals surface area (Å²) in [5.74, 6) is 0. The predicted octanol–water partition coefficient (Wildman–Crippen LogP) is 4.87. The zero-order valence-electron chi connectivity index (χ0n) is 14.8. The lowest BCUT2D eigenvalue weighted by molar-refractivity contribution is 0.330. The van der Waals surface area contributed by atoms with Crippen molar-refractivity contribution < 1.29 is 8.42 Å². The van der Waals surface area contributed by atoms with Gasteiger partial charge in [0, 0.05) is 29.3 Å². The van der Waals surface area contributed by atoms with Gasteiger partial charge in [-0.2, -0.15) is 4.31 Å². The molecule has 3 aromatic carbocycles. The summed E-state index contributed by atoms with van der Waals surface area (Å²) >= 11 is 3.48. The number of rotatable bonds is 4. The van der Waals surface area contributed by atoms with Crippen molar-refractivity contribution in [3.63, 3.8) is 0 Å². The zero-order valence-corrected chi connectivity index (χ0v) is 17.2. The standard InChI is InChI=1S/C21H21BrN2O2S/c22-18-6-3-7-20(15-18)23-19-10-12-24(13-11-19)27(25,26)21-9-8-16-4-1-2-5-17(16)14-21/h1-9,14-15,19,23H,10-13H2. The molecule has 0 spiro atoms. The number of anilines is 1. The highest BCUT2D eigenvalue weighted by Crippen LogP contribution is 2.26. The van der Waals surface area contributed by atoms with Crippen LogP contribution in [0.15, 0.2) is 76.1 Å². The van der Waals surface area contributed by atoms with Crippen molar-refractivity contribution in [2.75, 3.05) is 18.4 Å². The number of fused-ring (bicyclic) bond motifs is 1. The minimum atomic E-state index is -3.46. The van der Waals surface area contributed by atoms with E-state index in [2.05, 4.69) is 21.2 Å². The lowest BCUT2D eigenvalue weighted by atomic mass is 10.1. The van der Waals surface area contributed by atoms with Crippen molar-refractivity contribution in [1.82, 2.24) is 4.31 Å². The van der Waals surface area contributed by atoms with Crippen LogP contribution in [0, 0.1) is 0 Å². The summed E-state index contributed by atoms with van der Waals surface area (Å²) in [6.45, 7) is 1.06. The van der Waals surface area contributed by atoms with Gasteiger partial charge in [0.05, 0.1) is 4.90 Å². The normalized spacial score (nSPS) is 16.5. The van der Waals surface area contributed by atoms with E-state index in [1.54, 1.807) is 16.4 Å². The molecule has 1 saturated heterocycles. The van der Waals surface area contributed by atoms with Gasteiger partial charge >= 0.3 is 0 Å². The minimum absolute atomic E-state index is 0.280. The molecule has 0 radical (unpaired) electrons. The van der Waals surface area contributed by atoms with Crippen molar-refractivity contribution in [3.05, 3.63) is 71.2 Å². The van der Waals surface area contributed by atoms with E-state index in [0.717, 1.165) is 33.8 Å². The number of hydrogen-bond acceptors (Lipinski definition) is 3. The Morgan fingerprint density at radius 3 is 2.37 bits per heavy atom. The Bertz CT molecular complexity index is 1060. The lowest BCUT2D eigenvalue weighted by Gasteiger charge is -2.32. The van der Waals surface area contributed by atoms with E-state index in [-0.39, 0.29) is 6.04 Å². The van der Waals surface area contributed by atoms with E-state index in [1.807, 2.05) is 54.6 Å². The van der Waals surface area contributed by atoms with E-state index < -0.39 is 10.0 Å². The summed E-state index contributed by atoms with van der Waals surface area (Å²) in [7, 11) is -3.46. The van der Waals surface area contributed by atoms with Crippen LogP contribution in [0.3, 0.4) is 0 Å². The van der Waals surface area contributed by atoms with Crippen LogP contribution < -0.4 is 5.32 Å². The predicted molar refractivity (Wildman–Crippen MR) is 113 cm³/mol.